The molecule has 3 amide bonds. The SMILES string of the molecule is Cc1c(NC(=O)N2C[C@H](CC(C)C)[C@@H](O)C2)cc(F)cc1-c1ncnc2[nH]c(-c3ccc(OC4CCN(CCOC5CCN(C(=O)O)CC5)CC4)cc3)cc12. The normalized spacial score (nSPS) is 20.1. The Morgan fingerprint density at radius 1 is 0.982 bits per heavy atom. The fourth-order valence-corrected chi connectivity index (χ4v) is 8.13. The Labute approximate surface area is 320 Å². The maximum Gasteiger partial charge on any atom is 0.407 e. The standard InChI is InChI=1S/C41H52FN7O6/c1-25(2)18-28-22-49(23-37(28)50)40(51)46-35-20-29(42)19-33(26(35)3)38-34-21-36(45-39(34)44-24-43-38)27-4-6-31(7-5-27)55-32-8-12-47(13-9-32)16-17-54-30-10-14-48(15-11-30)41(52)53/h4-7,19-21,24-25,28,30,32,37,50H,8-18,22-23H2,1-3H3,(H,46,51)(H,52,53)(H,43,44,45)/t28-,37-/m0/s1. The third kappa shape index (κ3) is 9.20. The van der Waals surface area contributed by atoms with Gasteiger partial charge in [-0.3, -0.25) is 0 Å². The molecule has 2 aromatic carbocycles. The quantitative estimate of drug-likeness (QED) is 0.132. The van der Waals surface area contributed by atoms with Crippen molar-refractivity contribution in [3.8, 4) is 28.3 Å². The predicted octanol–water partition coefficient (Wildman–Crippen LogP) is 6.61. The topological polar surface area (TPSA) is 156 Å². The Kier molecular flexibility index (Phi) is 11.8. The Morgan fingerprint density at radius 3 is 2.42 bits per heavy atom. The number of likely N-dealkylation sites (tertiary alicyclic amines) is 3. The molecule has 3 saturated heterocycles. The number of nitrogens with zero attached hydrogens (tertiary/aromatic N) is 5. The molecule has 7 rings (SSSR count). The van der Waals surface area contributed by atoms with Crippen LogP contribution in [0.1, 0.15) is 51.5 Å². The van der Waals surface area contributed by atoms with Gasteiger partial charge in [0.25, 0.3) is 0 Å². The van der Waals surface area contributed by atoms with Crippen molar-refractivity contribution < 1.29 is 33.7 Å². The van der Waals surface area contributed by atoms with Crippen LogP contribution in [0.3, 0.4) is 0 Å². The molecule has 3 aliphatic heterocycles. The number of benzene rings is 2. The fourth-order valence-electron chi connectivity index (χ4n) is 8.13. The number of rotatable bonds is 11. The van der Waals surface area contributed by atoms with Crippen LogP contribution in [0.15, 0.2) is 48.8 Å². The van der Waals surface area contributed by atoms with Crippen molar-refractivity contribution in [3.63, 3.8) is 0 Å². The van der Waals surface area contributed by atoms with E-state index in [4.69, 9.17) is 14.6 Å². The maximum absolute atomic E-state index is 15.1. The van der Waals surface area contributed by atoms with Crippen LogP contribution in [-0.2, 0) is 4.74 Å². The second-order valence-corrected chi connectivity index (χ2v) is 15.6. The van der Waals surface area contributed by atoms with E-state index >= 15 is 4.39 Å². The molecule has 13 nitrogen and oxygen atoms in total. The molecule has 294 valence electrons. The molecule has 3 aliphatic rings. The molecule has 0 saturated carbocycles. The molecule has 55 heavy (non-hydrogen) atoms. The first kappa shape index (κ1) is 38.5. The number of ether oxygens (including phenoxy) is 2. The van der Waals surface area contributed by atoms with Gasteiger partial charge in [0.1, 0.15) is 29.6 Å². The van der Waals surface area contributed by atoms with E-state index in [0.717, 1.165) is 74.1 Å². The van der Waals surface area contributed by atoms with Crippen molar-refractivity contribution in [1.82, 2.24) is 29.7 Å². The smallest absolute Gasteiger partial charge is 0.407 e. The number of halogens is 1. The number of aromatic amines is 1. The summed E-state index contributed by atoms with van der Waals surface area (Å²) in [7, 11) is 0. The van der Waals surface area contributed by atoms with Crippen molar-refractivity contribution in [2.45, 2.75) is 71.2 Å². The molecule has 0 spiro atoms. The molecule has 4 N–H and O–H groups in total. The Morgan fingerprint density at radius 2 is 1.71 bits per heavy atom. The number of urea groups is 1. The molecule has 2 atom stereocenters. The summed E-state index contributed by atoms with van der Waals surface area (Å²) in [6.45, 7) is 11.2. The highest BCUT2D eigenvalue weighted by Crippen LogP contribution is 2.36. The highest BCUT2D eigenvalue weighted by molar-refractivity contribution is 5.97. The van der Waals surface area contributed by atoms with Gasteiger partial charge in [0.05, 0.1) is 24.5 Å². The number of carboxylic acid groups (broad SMARTS) is 1. The predicted molar refractivity (Wildman–Crippen MR) is 208 cm³/mol. The summed E-state index contributed by atoms with van der Waals surface area (Å²) < 4.78 is 27.5. The van der Waals surface area contributed by atoms with E-state index < -0.39 is 18.0 Å². The Hall–Kier alpha value is -4.79. The second kappa shape index (κ2) is 16.9. The average molecular weight is 758 g/mol. The zero-order chi connectivity index (χ0) is 38.6. The van der Waals surface area contributed by atoms with Crippen molar-refractivity contribution in [3.05, 3.63) is 60.2 Å². The van der Waals surface area contributed by atoms with Gasteiger partial charge in [0, 0.05) is 74.1 Å². The number of nitrogens with one attached hydrogen (secondary N) is 2. The summed E-state index contributed by atoms with van der Waals surface area (Å²) in [5.74, 6) is 0.728. The van der Waals surface area contributed by atoms with Gasteiger partial charge in [-0.05, 0) is 98.5 Å². The van der Waals surface area contributed by atoms with E-state index in [9.17, 15) is 14.7 Å². The van der Waals surface area contributed by atoms with Crippen LogP contribution >= 0.6 is 0 Å². The maximum atomic E-state index is 15.1. The first-order valence-electron chi connectivity index (χ1n) is 19.5. The molecule has 5 heterocycles. The van der Waals surface area contributed by atoms with Crippen molar-refractivity contribution >= 4 is 28.8 Å². The van der Waals surface area contributed by atoms with Crippen LogP contribution in [0.25, 0.3) is 33.5 Å². The number of hydrogen-bond donors (Lipinski definition) is 4. The van der Waals surface area contributed by atoms with Crippen LogP contribution in [0, 0.1) is 24.6 Å². The van der Waals surface area contributed by atoms with Gasteiger partial charge in [0.2, 0.25) is 0 Å². The number of fused-ring (bicyclic) bond motifs is 1. The summed E-state index contributed by atoms with van der Waals surface area (Å²) >= 11 is 0. The molecule has 0 bridgehead atoms. The van der Waals surface area contributed by atoms with E-state index in [-0.39, 0.29) is 30.7 Å². The molecular weight excluding hydrogens is 705 g/mol. The van der Waals surface area contributed by atoms with Crippen LogP contribution in [0.2, 0.25) is 0 Å². The summed E-state index contributed by atoms with van der Waals surface area (Å²) in [6.07, 6.45) is 4.45. The molecule has 2 aromatic heterocycles. The number of H-pyrrole nitrogens is 1. The Balaban J connectivity index is 0.948. The number of carbonyl (C=O) groups excluding carboxylic acids is 1. The zero-order valence-electron chi connectivity index (χ0n) is 31.8. The molecule has 0 unspecified atom stereocenters. The zero-order valence-corrected chi connectivity index (χ0v) is 31.8. The number of amides is 3. The monoisotopic (exact) mass is 757 g/mol. The molecule has 0 aliphatic carbocycles. The van der Waals surface area contributed by atoms with Gasteiger partial charge in [-0.25, -0.2) is 23.9 Å². The molecule has 3 fully saturated rings. The van der Waals surface area contributed by atoms with E-state index in [1.807, 2.05) is 37.3 Å². The number of β-amino-alcohol motifs (C(OH)–C–C–N with tert-alkyl or cyclic N) is 1. The highest BCUT2D eigenvalue weighted by atomic mass is 19.1. The van der Waals surface area contributed by atoms with Gasteiger partial charge in [0.15, 0.2) is 0 Å². The summed E-state index contributed by atoms with van der Waals surface area (Å²) in [5.41, 5.74) is 4.50. The number of aliphatic hydroxyl groups excluding tert-OH is 1. The average Bonchev–Trinajstić information content (AvgIpc) is 3.77. The van der Waals surface area contributed by atoms with Crippen LogP contribution < -0.4 is 10.1 Å². The molecule has 4 aromatic rings. The second-order valence-electron chi connectivity index (χ2n) is 15.6. The summed E-state index contributed by atoms with van der Waals surface area (Å²) in [4.78, 5) is 42.2. The van der Waals surface area contributed by atoms with Gasteiger partial charge < -0.3 is 44.7 Å². The number of carbonyl (C=O) groups is 2. The van der Waals surface area contributed by atoms with E-state index in [0.29, 0.717) is 60.3 Å². The number of aromatic nitrogens is 3. The lowest BCUT2D eigenvalue weighted by Gasteiger charge is -2.33. The summed E-state index contributed by atoms with van der Waals surface area (Å²) in [5, 5.41) is 23.3. The number of hydrogen-bond acceptors (Lipinski definition) is 8. The lowest BCUT2D eigenvalue weighted by Crippen LogP contribution is -2.42. The lowest BCUT2D eigenvalue weighted by atomic mass is 9.95. The molecule has 0 radical (unpaired) electrons. The van der Waals surface area contributed by atoms with Crippen LogP contribution in [0.5, 0.6) is 5.75 Å². The van der Waals surface area contributed by atoms with Gasteiger partial charge in [-0.15, -0.1) is 0 Å². The van der Waals surface area contributed by atoms with E-state index in [2.05, 4.69) is 39.0 Å². The number of aliphatic hydroxyl groups is 1. The molecule has 14 heteroatoms. The van der Waals surface area contributed by atoms with Crippen molar-refractivity contribution in [1.29, 1.82) is 0 Å². The van der Waals surface area contributed by atoms with Crippen molar-refractivity contribution in [2.24, 2.45) is 11.8 Å². The third-order valence-corrected chi connectivity index (χ3v) is 11.2. The third-order valence-electron chi connectivity index (χ3n) is 11.2. The van der Waals surface area contributed by atoms with Gasteiger partial charge in [-0.2, -0.15) is 0 Å². The minimum absolute atomic E-state index is 0.0156. The number of piperidine rings is 2. The number of anilines is 1. The largest absolute Gasteiger partial charge is 0.490 e. The minimum Gasteiger partial charge on any atom is -0.490 e. The fraction of sp³-hybridized carbons (Fsp3) is 0.512. The first-order chi connectivity index (χ1) is 26.5. The minimum atomic E-state index is -0.854. The van der Waals surface area contributed by atoms with Gasteiger partial charge >= 0.3 is 12.1 Å². The lowest BCUT2D eigenvalue weighted by molar-refractivity contribution is -0.00484. The van der Waals surface area contributed by atoms with Crippen molar-refractivity contribution in [2.75, 3.05) is 57.7 Å². The van der Waals surface area contributed by atoms with Crippen LogP contribution in [-0.4, -0.2) is 123 Å². The van der Waals surface area contributed by atoms with E-state index in [1.165, 1.54) is 23.4 Å². The van der Waals surface area contributed by atoms with Gasteiger partial charge in [-0.1, -0.05) is 13.8 Å². The summed E-state index contributed by atoms with van der Waals surface area (Å²) in [6, 6.07) is 12.3. The Bertz CT molecular complexity index is 1960. The first-order valence-corrected chi connectivity index (χ1v) is 19.5. The van der Waals surface area contributed by atoms with Crippen LogP contribution in [0.4, 0.5) is 19.7 Å². The van der Waals surface area contributed by atoms with E-state index in [1.54, 1.807) is 4.90 Å². The highest BCUT2D eigenvalue weighted by Gasteiger charge is 2.34. The molecular formula is C41H52FN7O6.